The number of allylic oxidation sites excluding steroid dienone is 3. The standard InChI is InChI=1S/C44H82N2O5.C7H16N2/c1-5-9-13-16-17-21-29-38(28-19-14-10-6-2)43(39-31-26-32-39)50-35-25-23-34-45-42(48)37-46-41(47)33-22-18-24-36-51-44(49)40(27-12-8-4)30-20-15-11-7-3;1-4-6(3)7(8)9-5-2/h38,40H,5-37H2,1-4H3,(H,45,48)(H,46,47);9H,4-5,8H2,1-3H3/b;7-6-. The van der Waals surface area contributed by atoms with Crippen molar-refractivity contribution in [3.8, 4) is 0 Å². The van der Waals surface area contributed by atoms with Crippen LogP contribution in [-0.4, -0.2) is 50.6 Å². The Hall–Kier alpha value is -2.71. The van der Waals surface area contributed by atoms with Gasteiger partial charge in [0.1, 0.15) is 0 Å². The number of nitrogens with one attached hydrogen (secondary N) is 3. The Morgan fingerprint density at radius 1 is 0.567 bits per heavy atom. The van der Waals surface area contributed by atoms with E-state index in [1.165, 1.54) is 127 Å². The van der Waals surface area contributed by atoms with Crippen LogP contribution >= 0.6 is 0 Å². The van der Waals surface area contributed by atoms with Crippen LogP contribution in [0, 0.1) is 11.8 Å². The molecule has 1 saturated carbocycles. The van der Waals surface area contributed by atoms with Crippen LogP contribution in [0.2, 0.25) is 0 Å². The van der Waals surface area contributed by atoms with Gasteiger partial charge in [-0.3, -0.25) is 14.4 Å². The lowest BCUT2D eigenvalue weighted by atomic mass is 9.83. The number of hydrogen-bond acceptors (Lipinski definition) is 7. The predicted molar refractivity (Wildman–Crippen MR) is 254 cm³/mol. The van der Waals surface area contributed by atoms with Gasteiger partial charge in [-0.1, -0.05) is 137 Å². The molecule has 0 spiro atoms. The van der Waals surface area contributed by atoms with Crippen molar-refractivity contribution >= 4 is 17.8 Å². The summed E-state index contributed by atoms with van der Waals surface area (Å²) in [6, 6.07) is 0. The molecule has 60 heavy (non-hydrogen) atoms. The van der Waals surface area contributed by atoms with Crippen molar-refractivity contribution in [2.45, 2.75) is 241 Å². The number of hydrogen-bond donors (Lipinski definition) is 4. The number of ether oxygens (including phenoxy) is 2. The zero-order valence-electron chi connectivity index (χ0n) is 40.5. The second-order valence-corrected chi connectivity index (χ2v) is 17.4. The minimum Gasteiger partial charge on any atom is -0.498 e. The summed E-state index contributed by atoms with van der Waals surface area (Å²) in [6.07, 6.45) is 33.6. The first-order chi connectivity index (χ1) is 29.2. The number of rotatable bonds is 39. The number of esters is 1. The van der Waals surface area contributed by atoms with Crippen molar-refractivity contribution in [1.29, 1.82) is 0 Å². The molecule has 5 N–H and O–H groups in total. The Morgan fingerprint density at radius 3 is 1.65 bits per heavy atom. The highest BCUT2D eigenvalue weighted by Crippen LogP contribution is 2.37. The minimum atomic E-state index is -0.146. The molecule has 1 fully saturated rings. The van der Waals surface area contributed by atoms with Crippen molar-refractivity contribution in [2.24, 2.45) is 17.6 Å². The summed E-state index contributed by atoms with van der Waals surface area (Å²) in [5.41, 5.74) is 8.40. The Morgan fingerprint density at radius 2 is 1.08 bits per heavy atom. The van der Waals surface area contributed by atoms with Crippen molar-refractivity contribution in [2.75, 3.05) is 32.8 Å². The molecule has 352 valence electrons. The third-order valence-electron chi connectivity index (χ3n) is 11.9. The van der Waals surface area contributed by atoms with Crippen molar-refractivity contribution in [1.82, 2.24) is 16.0 Å². The molecule has 1 aliphatic rings. The van der Waals surface area contributed by atoms with Gasteiger partial charge in [0.25, 0.3) is 0 Å². The highest BCUT2D eigenvalue weighted by molar-refractivity contribution is 5.84. The van der Waals surface area contributed by atoms with E-state index in [9.17, 15) is 14.4 Å². The Kier molecular flexibility index (Phi) is 39.8. The molecule has 0 aromatic heterocycles. The second-order valence-electron chi connectivity index (χ2n) is 17.4. The third-order valence-corrected chi connectivity index (χ3v) is 11.9. The monoisotopic (exact) mass is 847 g/mol. The first-order valence-electron chi connectivity index (χ1n) is 25.4. The van der Waals surface area contributed by atoms with Gasteiger partial charge in [-0.25, -0.2) is 0 Å². The van der Waals surface area contributed by atoms with Gasteiger partial charge in [-0.2, -0.15) is 0 Å². The summed E-state index contributed by atoms with van der Waals surface area (Å²) in [4.78, 5) is 37.2. The summed E-state index contributed by atoms with van der Waals surface area (Å²) in [5.74, 6) is 2.45. The van der Waals surface area contributed by atoms with Crippen LogP contribution in [0.15, 0.2) is 22.7 Å². The molecule has 1 aliphatic carbocycles. The van der Waals surface area contributed by atoms with Gasteiger partial charge in [0.05, 0.1) is 37.3 Å². The van der Waals surface area contributed by atoms with E-state index in [1.807, 2.05) is 13.8 Å². The van der Waals surface area contributed by atoms with Gasteiger partial charge < -0.3 is 31.2 Å². The molecule has 2 atom stereocenters. The Labute approximate surface area is 370 Å². The van der Waals surface area contributed by atoms with Crippen LogP contribution in [0.25, 0.3) is 0 Å². The normalized spacial score (nSPS) is 13.6. The smallest absolute Gasteiger partial charge is 0.308 e. The van der Waals surface area contributed by atoms with Gasteiger partial charge in [-0.15, -0.1) is 0 Å². The van der Waals surface area contributed by atoms with Gasteiger partial charge in [0.15, 0.2) is 0 Å². The van der Waals surface area contributed by atoms with Crippen LogP contribution in [-0.2, 0) is 23.9 Å². The number of carbonyl (C=O) groups excluding carboxylic acids is 3. The zero-order chi connectivity index (χ0) is 44.5. The van der Waals surface area contributed by atoms with Gasteiger partial charge in [0, 0.05) is 25.4 Å². The topological polar surface area (TPSA) is 132 Å². The molecule has 0 saturated heterocycles. The van der Waals surface area contributed by atoms with E-state index >= 15 is 0 Å². The molecule has 0 heterocycles. The van der Waals surface area contributed by atoms with E-state index in [0.29, 0.717) is 32.1 Å². The number of nitrogens with two attached hydrogens (primary N) is 1. The molecule has 0 aromatic rings. The molecule has 0 aliphatic heterocycles. The van der Waals surface area contributed by atoms with Crippen LogP contribution in [0.5, 0.6) is 0 Å². The first kappa shape index (κ1) is 57.3. The maximum atomic E-state index is 12.6. The molecule has 0 bridgehead atoms. The molecular weight excluding hydrogens is 749 g/mol. The lowest BCUT2D eigenvalue weighted by Gasteiger charge is -2.28. The van der Waals surface area contributed by atoms with E-state index < -0.39 is 0 Å². The molecule has 2 unspecified atom stereocenters. The molecule has 9 heteroatoms. The fourth-order valence-electron chi connectivity index (χ4n) is 7.51. The Balaban J connectivity index is 0.00000344. The molecule has 0 radical (unpaired) electrons. The summed E-state index contributed by atoms with van der Waals surface area (Å²) in [5, 5.41) is 8.75. The van der Waals surface area contributed by atoms with Crippen LogP contribution in [0.3, 0.4) is 0 Å². The summed E-state index contributed by atoms with van der Waals surface area (Å²) in [7, 11) is 0. The SMILES string of the molecule is CCCCCCCCC(CCCCCC)C(OCCCCNC(=O)CNC(=O)CCCCCOC(=O)C(CCCC)CCCCCC)=C1CCC1.CCN/C(N)=C(/C)CC. The largest absolute Gasteiger partial charge is 0.498 e. The van der Waals surface area contributed by atoms with E-state index in [2.05, 4.69) is 50.6 Å². The van der Waals surface area contributed by atoms with Crippen LogP contribution in [0.1, 0.15) is 241 Å². The summed E-state index contributed by atoms with van der Waals surface area (Å²) >= 11 is 0. The van der Waals surface area contributed by atoms with E-state index in [4.69, 9.17) is 15.2 Å². The fourth-order valence-corrected chi connectivity index (χ4v) is 7.51. The first-order valence-corrected chi connectivity index (χ1v) is 25.4. The van der Waals surface area contributed by atoms with Crippen molar-refractivity contribution in [3.05, 3.63) is 22.7 Å². The quantitative estimate of drug-likeness (QED) is 0.0275. The molecular formula is C51H98N4O5. The third kappa shape index (κ3) is 32.1. The fraction of sp³-hybridized carbons (Fsp3) is 0.863. The average molecular weight is 847 g/mol. The van der Waals surface area contributed by atoms with Crippen LogP contribution < -0.4 is 21.7 Å². The van der Waals surface area contributed by atoms with Gasteiger partial charge in [0.2, 0.25) is 11.8 Å². The van der Waals surface area contributed by atoms with Crippen molar-refractivity contribution < 1.29 is 23.9 Å². The van der Waals surface area contributed by atoms with E-state index in [0.717, 1.165) is 83.0 Å². The molecule has 0 aromatic carbocycles. The van der Waals surface area contributed by atoms with E-state index in [1.54, 1.807) is 5.57 Å². The minimum absolute atomic E-state index is 0.0127. The molecule has 2 amide bonds. The lowest BCUT2D eigenvalue weighted by molar-refractivity contribution is -0.149. The number of carbonyl (C=O) groups is 3. The number of amides is 2. The highest BCUT2D eigenvalue weighted by Gasteiger charge is 2.24. The highest BCUT2D eigenvalue weighted by atomic mass is 16.5. The maximum absolute atomic E-state index is 12.6. The number of unbranched alkanes of at least 4 members (excludes halogenated alkanes) is 15. The Bertz CT molecular complexity index is 1120. The average Bonchev–Trinajstić information content (AvgIpc) is 3.23. The molecule has 9 nitrogen and oxygen atoms in total. The van der Waals surface area contributed by atoms with Crippen LogP contribution in [0.4, 0.5) is 0 Å². The van der Waals surface area contributed by atoms with Gasteiger partial charge in [-0.05, 0) is 108 Å². The predicted octanol–water partition coefficient (Wildman–Crippen LogP) is 12.9. The van der Waals surface area contributed by atoms with Crippen molar-refractivity contribution in [3.63, 3.8) is 0 Å². The summed E-state index contributed by atoms with van der Waals surface area (Å²) < 4.78 is 12.1. The van der Waals surface area contributed by atoms with E-state index in [-0.39, 0.29) is 30.2 Å². The summed E-state index contributed by atoms with van der Waals surface area (Å²) in [6.45, 7) is 17.7. The lowest BCUT2D eigenvalue weighted by Crippen LogP contribution is -2.37. The van der Waals surface area contributed by atoms with Gasteiger partial charge >= 0.3 is 5.97 Å². The maximum Gasteiger partial charge on any atom is 0.308 e. The second kappa shape index (κ2) is 41.6. The zero-order valence-corrected chi connectivity index (χ0v) is 40.5. The molecule has 1 rings (SSSR count).